The quantitative estimate of drug-likeness (QED) is 0.0409. The van der Waals surface area contributed by atoms with Gasteiger partial charge >= 0.3 is 5.97 Å². The minimum absolute atomic E-state index is 0.0978. The van der Waals surface area contributed by atoms with Gasteiger partial charge in [0, 0.05) is 77.4 Å². The lowest BCUT2D eigenvalue weighted by atomic mass is 9.92. The number of esters is 1. The molecule has 76 heavy (non-hydrogen) atoms. The number of carbonyl (C=O) groups excluding carboxylic acids is 8. The molecule has 0 aliphatic heterocycles. The van der Waals surface area contributed by atoms with E-state index in [0.717, 1.165) is 140 Å². The second kappa shape index (κ2) is 49.0. The van der Waals surface area contributed by atoms with E-state index in [1.807, 2.05) is 30.3 Å². The molecule has 434 valence electrons. The van der Waals surface area contributed by atoms with Crippen LogP contribution in [-0.4, -0.2) is 119 Å². The van der Waals surface area contributed by atoms with Crippen LogP contribution in [0.25, 0.3) is 0 Å². The fourth-order valence-corrected chi connectivity index (χ4v) is 8.36. The number of hydrogen-bond acceptors (Lipinski definition) is 13. The van der Waals surface area contributed by atoms with Crippen molar-refractivity contribution in [3.05, 3.63) is 35.9 Å². The maximum Gasteiger partial charge on any atom is 0.306 e. The third-order valence-electron chi connectivity index (χ3n) is 13.0. The summed E-state index contributed by atoms with van der Waals surface area (Å²) in [6.07, 6.45) is 22.9. The van der Waals surface area contributed by atoms with Crippen molar-refractivity contribution in [1.29, 1.82) is 0 Å². The van der Waals surface area contributed by atoms with E-state index >= 15 is 0 Å². The topological polar surface area (TPSA) is 219 Å². The lowest BCUT2D eigenvalue weighted by molar-refractivity contribution is -0.145. The molecular formula is C60H101N3O13. The van der Waals surface area contributed by atoms with Crippen LogP contribution in [0.15, 0.2) is 30.3 Å². The highest BCUT2D eigenvalue weighted by atomic mass is 16.5. The molecule has 3 N–H and O–H groups in total. The molecule has 0 heterocycles. The highest BCUT2D eigenvalue weighted by molar-refractivity contribution is 5.78. The Kier molecular flexibility index (Phi) is 44.9. The molecule has 0 spiro atoms. The number of hydrogen-bond donors (Lipinski definition) is 3. The van der Waals surface area contributed by atoms with Crippen LogP contribution >= 0.6 is 0 Å². The zero-order valence-corrected chi connectivity index (χ0v) is 47.4. The molecule has 0 aliphatic rings. The summed E-state index contributed by atoms with van der Waals surface area (Å²) in [5.74, 6) is 0.163. The fraction of sp³-hybridized carbons (Fsp3) is 0.767. The van der Waals surface area contributed by atoms with Crippen LogP contribution in [0.4, 0.5) is 0 Å². The van der Waals surface area contributed by atoms with Crippen LogP contribution in [0, 0.1) is 5.41 Å². The Hall–Kier alpha value is -4.38. The number of carbonyl (C=O) groups is 8. The largest absolute Gasteiger partial charge is 0.461 e. The molecule has 0 fully saturated rings. The number of unbranched alkanes of at least 4 members (excludes halogenated alkanes) is 17. The third kappa shape index (κ3) is 45.8. The number of ether oxygens (including phenoxy) is 5. The van der Waals surface area contributed by atoms with Crippen LogP contribution in [0.5, 0.6) is 0 Å². The van der Waals surface area contributed by atoms with Crippen molar-refractivity contribution >= 4 is 46.8 Å². The van der Waals surface area contributed by atoms with Crippen molar-refractivity contribution in [2.45, 2.75) is 220 Å². The van der Waals surface area contributed by atoms with E-state index in [1.165, 1.54) is 0 Å². The molecule has 0 bridgehead atoms. The monoisotopic (exact) mass is 1070 g/mol. The van der Waals surface area contributed by atoms with Crippen LogP contribution in [0.1, 0.15) is 219 Å². The van der Waals surface area contributed by atoms with E-state index in [-0.39, 0.29) is 132 Å². The van der Waals surface area contributed by atoms with Gasteiger partial charge in [0.05, 0.1) is 58.3 Å². The second-order valence-electron chi connectivity index (χ2n) is 20.7. The number of amides is 3. The number of nitrogens with one attached hydrogen (secondary N) is 3. The predicted molar refractivity (Wildman–Crippen MR) is 297 cm³/mol. The molecule has 1 rings (SSSR count). The Bertz CT molecular complexity index is 1590. The number of Topliss-reactive ketones (excluding diaryl/α,β-unsaturated/α-hetero) is 4. The second-order valence-corrected chi connectivity index (χ2v) is 20.7. The summed E-state index contributed by atoms with van der Waals surface area (Å²) in [6, 6.07) is 9.63. The summed E-state index contributed by atoms with van der Waals surface area (Å²) >= 11 is 0. The molecule has 16 heteroatoms. The van der Waals surface area contributed by atoms with Gasteiger partial charge in [0.2, 0.25) is 17.7 Å². The first-order chi connectivity index (χ1) is 36.8. The Balaban J connectivity index is 2.77. The Morgan fingerprint density at radius 1 is 0.368 bits per heavy atom. The van der Waals surface area contributed by atoms with Crippen molar-refractivity contribution in [3.63, 3.8) is 0 Å². The zero-order valence-electron chi connectivity index (χ0n) is 47.4. The standard InChI is InChI=1S/C60H101N3O13/c1-51(64)28-18-9-6-14-25-39-61-56(68)36-43-73-48-60(49-74-44-37-57(69)62-40-26-15-7-10-19-29-52(2)65,50-75-45-38-58(70)63-41-27-16-8-11-20-30-53(3)66)47-72-42-35-55(67)33-23-12-4-5-13-24-34-59(71)76-46-54-31-21-17-22-32-54/h17,21-22,31-32H,4-16,18-20,23-30,33-50H2,1-3H3,(H,61,68)(H,62,69)(H,63,70). The summed E-state index contributed by atoms with van der Waals surface area (Å²) in [6.45, 7) is 7.78. The van der Waals surface area contributed by atoms with Crippen molar-refractivity contribution in [2.24, 2.45) is 5.41 Å². The minimum Gasteiger partial charge on any atom is -0.461 e. The van der Waals surface area contributed by atoms with Gasteiger partial charge in [-0.05, 0) is 77.7 Å². The molecule has 3 amide bonds. The Labute approximate surface area is 457 Å². The molecule has 1 aromatic carbocycles. The lowest BCUT2D eigenvalue weighted by Crippen LogP contribution is -2.42. The van der Waals surface area contributed by atoms with E-state index < -0.39 is 5.41 Å². The van der Waals surface area contributed by atoms with E-state index in [2.05, 4.69) is 16.0 Å². The molecule has 16 nitrogen and oxygen atoms in total. The maximum atomic E-state index is 12.9. The van der Waals surface area contributed by atoms with E-state index in [0.29, 0.717) is 51.7 Å². The van der Waals surface area contributed by atoms with Gasteiger partial charge in [-0.1, -0.05) is 114 Å². The SMILES string of the molecule is CC(=O)CCCCCCCNC(=O)CCOCC(COCCC(=O)CCCCCCCCC(=O)OCc1ccccc1)(COCCC(=O)NCCCCCCCC(C)=O)COCCC(=O)NCCCCCCCC(C)=O. The minimum atomic E-state index is -0.891. The highest BCUT2D eigenvalue weighted by Crippen LogP contribution is 2.22. The normalized spacial score (nSPS) is 11.3. The summed E-state index contributed by atoms with van der Waals surface area (Å²) in [5, 5.41) is 8.88. The predicted octanol–water partition coefficient (Wildman–Crippen LogP) is 10.2. The van der Waals surface area contributed by atoms with Crippen LogP contribution in [0.3, 0.4) is 0 Å². The fourth-order valence-electron chi connectivity index (χ4n) is 8.36. The van der Waals surface area contributed by atoms with Gasteiger partial charge in [-0.25, -0.2) is 0 Å². The summed E-state index contributed by atoms with van der Waals surface area (Å²) in [7, 11) is 0. The van der Waals surface area contributed by atoms with Crippen LogP contribution in [0.2, 0.25) is 0 Å². The van der Waals surface area contributed by atoms with E-state index in [1.54, 1.807) is 20.8 Å². The average molecular weight is 1070 g/mol. The Morgan fingerprint density at radius 3 is 1.05 bits per heavy atom. The first-order valence-corrected chi connectivity index (χ1v) is 29.1. The highest BCUT2D eigenvalue weighted by Gasteiger charge is 2.33. The van der Waals surface area contributed by atoms with Crippen LogP contribution < -0.4 is 16.0 Å². The molecular weight excluding hydrogens is 971 g/mol. The summed E-state index contributed by atoms with van der Waals surface area (Å²) in [4.78, 5) is 96.8. The van der Waals surface area contributed by atoms with Gasteiger partial charge in [0.15, 0.2) is 0 Å². The van der Waals surface area contributed by atoms with Gasteiger partial charge < -0.3 is 54.0 Å². The zero-order chi connectivity index (χ0) is 55.6. The first kappa shape index (κ1) is 69.6. The van der Waals surface area contributed by atoms with Crippen molar-refractivity contribution in [1.82, 2.24) is 16.0 Å². The molecule has 0 saturated carbocycles. The van der Waals surface area contributed by atoms with E-state index in [4.69, 9.17) is 23.7 Å². The van der Waals surface area contributed by atoms with Crippen molar-refractivity contribution < 1.29 is 62.0 Å². The average Bonchev–Trinajstić information content (AvgIpc) is 3.39. The third-order valence-corrected chi connectivity index (χ3v) is 13.0. The number of ketones is 4. The van der Waals surface area contributed by atoms with Gasteiger partial charge in [0.1, 0.15) is 29.7 Å². The smallest absolute Gasteiger partial charge is 0.306 e. The number of rotatable bonds is 55. The Morgan fingerprint density at radius 2 is 0.684 bits per heavy atom. The lowest BCUT2D eigenvalue weighted by Gasteiger charge is -2.33. The molecule has 0 aromatic heterocycles. The molecule has 0 atom stereocenters. The van der Waals surface area contributed by atoms with Crippen LogP contribution in [-0.2, 0) is 68.6 Å². The van der Waals surface area contributed by atoms with Gasteiger partial charge in [-0.15, -0.1) is 0 Å². The van der Waals surface area contributed by atoms with Gasteiger partial charge in [-0.2, -0.15) is 0 Å². The molecule has 0 saturated heterocycles. The van der Waals surface area contributed by atoms with E-state index in [9.17, 15) is 38.4 Å². The van der Waals surface area contributed by atoms with Crippen molar-refractivity contribution in [3.8, 4) is 0 Å². The van der Waals surface area contributed by atoms with Gasteiger partial charge in [0.25, 0.3) is 0 Å². The first-order valence-electron chi connectivity index (χ1n) is 29.1. The van der Waals surface area contributed by atoms with Crippen molar-refractivity contribution in [2.75, 3.05) is 72.5 Å². The molecule has 0 radical (unpaired) electrons. The summed E-state index contributed by atoms with van der Waals surface area (Å²) in [5.41, 5.74) is 0.0784. The summed E-state index contributed by atoms with van der Waals surface area (Å²) < 4.78 is 30.0. The van der Waals surface area contributed by atoms with Gasteiger partial charge in [-0.3, -0.25) is 24.0 Å². The number of benzene rings is 1. The molecule has 0 aliphatic carbocycles. The maximum absolute atomic E-state index is 12.9. The molecule has 1 aromatic rings. The molecule has 0 unspecified atom stereocenters.